The summed E-state index contributed by atoms with van der Waals surface area (Å²) in [7, 11) is 0. The first kappa shape index (κ1) is 22.6. The van der Waals surface area contributed by atoms with Crippen LogP contribution in [0.3, 0.4) is 0 Å². The van der Waals surface area contributed by atoms with E-state index in [-0.39, 0.29) is 28.2 Å². The molecule has 3 aromatic heterocycles. The minimum Gasteiger partial charge on any atom is -0.320 e. The van der Waals surface area contributed by atoms with Gasteiger partial charge in [-0.05, 0) is 30.2 Å². The van der Waals surface area contributed by atoms with E-state index in [9.17, 15) is 27.6 Å². The number of nitriles is 1. The van der Waals surface area contributed by atoms with Crippen molar-refractivity contribution in [1.29, 1.82) is 5.26 Å². The van der Waals surface area contributed by atoms with Crippen LogP contribution in [0, 0.1) is 24.1 Å². The van der Waals surface area contributed by atoms with Gasteiger partial charge in [0.05, 0.1) is 42.6 Å². The lowest BCUT2D eigenvalue weighted by Gasteiger charge is -2.14. The molecule has 1 N–H and O–H groups in total. The van der Waals surface area contributed by atoms with Crippen molar-refractivity contribution in [1.82, 2.24) is 29.8 Å². The van der Waals surface area contributed by atoms with E-state index < -0.39 is 35.7 Å². The number of nitrogens with one attached hydrogen (secondary N) is 1. The van der Waals surface area contributed by atoms with Crippen molar-refractivity contribution in [2.45, 2.75) is 19.6 Å². The summed E-state index contributed by atoms with van der Waals surface area (Å²) in [6, 6.07) is 7.16. The maximum absolute atomic E-state index is 13.9. The summed E-state index contributed by atoms with van der Waals surface area (Å²) in [5, 5.41) is 23.1. The van der Waals surface area contributed by atoms with Crippen molar-refractivity contribution < 1.29 is 22.4 Å². The van der Waals surface area contributed by atoms with Crippen LogP contribution in [0.4, 0.5) is 23.2 Å². The molecule has 3 heterocycles. The van der Waals surface area contributed by atoms with Crippen LogP contribution in [0.2, 0.25) is 0 Å². The Labute approximate surface area is 189 Å². The second kappa shape index (κ2) is 8.74. The van der Waals surface area contributed by atoms with Gasteiger partial charge in [-0.15, -0.1) is 4.80 Å². The van der Waals surface area contributed by atoms with Gasteiger partial charge in [0.2, 0.25) is 0 Å². The number of alkyl halides is 3. The van der Waals surface area contributed by atoms with Gasteiger partial charge in [0.1, 0.15) is 17.4 Å². The number of rotatable bonds is 5. The Hall–Kier alpha value is -4.60. The molecular formula is C21H14F4N8O. The number of hydrogen-bond acceptors (Lipinski definition) is 6. The van der Waals surface area contributed by atoms with Crippen molar-refractivity contribution in [3.8, 4) is 11.9 Å². The molecule has 0 saturated carbocycles. The van der Waals surface area contributed by atoms with Gasteiger partial charge in [0.25, 0.3) is 5.91 Å². The predicted octanol–water partition coefficient (Wildman–Crippen LogP) is 3.50. The van der Waals surface area contributed by atoms with Crippen LogP contribution in [-0.4, -0.2) is 35.7 Å². The number of amides is 1. The van der Waals surface area contributed by atoms with Gasteiger partial charge >= 0.3 is 6.18 Å². The molecule has 0 bridgehead atoms. The van der Waals surface area contributed by atoms with Gasteiger partial charge in [-0.1, -0.05) is 12.1 Å². The van der Waals surface area contributed by atoms with E-state index in [0.29, 0.717) is 4.68 Å². The van der Waals surface area contributed by atoms with E-state index in [1.807, 2.05) is 6.07 Å². The zero-order valence-electron chi connectivity index (χ0n) is 17.4. The SMILES string of the molecule is Cc1c(F)cccc1Cn1ncc(C(=O)Nc2cnc(-n3nccn3)c(C#N)c2)c1C(F)(F)F. The number of benzene rings is 1. The molecule has 1 aromatic carbocycles. The van der Waals surface area contributed by atoms with Gasteiger partial charge in [0, 0.05) is 0 Å². The first-order valence-corrected chi connectivity index (χ1v) is 9.64. The number of hydrogen-bond donors (Lipinski definition) is 1. The molecule has 4 aromatic rings. The Morgan fingerprint density at radius 3 is 2.59 bits per heavy atom. The highest BCUT2D eigenvalue weighted by atomic mass is 19.4. The zero-order valence-corrected chi connectivity index (χ0v) is 17.4. The lowest BCUT2D eigenvalue weighted by atomic mass is 10.1. The number of halogens is 4. The molecule has 0 unspecified atom stereocenters. The first-order valence-electron chi connectivity index (χ1n) is 9.64. The van der Waals surface area contributed by atoms with Gasteiger partial charge in [-0.25, -0.2) is 9.37 Å². The van der Waals surface area contributed by atoms with Crippen LogP contribution in [0.15, 0.2) is 49.1 Å². The Kier molecular flexibility index (Phi) is 5.80. The summed E-state index contributed by atoms with van der Waals surface area (Å²) in [5.41, 5.74) is -1.59. The normalized spacial score (nSPS) is 11.3. The molecule has 0 aliphatic rings. The Morgan fingerprint density at radius 1 is 1.18 bits per heavy atom. The Morgan fingerprint density at radius 2 is 1.91 bits per heavy atom. The largest absolute Gasteiger partial charge is 0.433 e. The number of nitrogens with zero attached hydrogens (tertiary/aromatic N) is 7. The van der Waals surface area contributed by atoms with Gasteiger partial charge in [-0.2, -0.15) is 33.7 Å². The lowest BCUT2D eigenvalue weighted by Crippen LogP contribution is -2.22. The standard InChI is InChI=1S/C21H14F4N8O/c1-12-13(3-2-4-17(12)22)11-32-18(21(23,24)25)16(10-30-32)20(34)31-15-7-14(8-26)19(27-9-15)33-28-5-6-29-33/h2-7,9-10H,11H2,1H3,(H,31,34). The second-order valence-electron chi connectivity index (χ2n) is 7.07. The topological polar surface area (TPSA) is 114 Å². The van der Waals surface area contributed by atoms with E-state index in [2.05, 4.69) is 25.6 Å². The van der Waals surface area contributed by atoms with Crippen LogP contribution < -0.4 is 5.32 Å². The molecule has 0 saturated heterocycles. The molecule has 0 aliphatic carbocycles. The highest BCUT2D eigenvalue weighted by Crippen LogP contribution is 2.33. The Balaban J connectivity index is 1.65. The molecule has 0 fully saturated rings. The molecule has 4 rings (SSSR count). The summed E-state index contributed by atoms with van der Waals surface area (Å²) >= 11 is 0. The van der Waals surface area contributed by atoms with E-state index >= 15 is 0 Å². The molecule has 0 aliphatic heterocycles. The molecule has 34 heavy (non-hydrogen) atoms. The number of anilines is 1. The zero-order chi connectivity index (χ0) is 24.5. The molecule has 9 nitrogen and oxygen atoms in total. The third-order valence-corrected chi connectivity index (χ3v) is 4.91. The average molecular weight is 470 g/mol. The van der Waals surface area contributed by atoms with E-state index in [1.54, 1.807) is 0 Å². The summed E-state index contributed by atoms with van der Waals surface area (Å²) in [5.74, 6) is -1.59. The highest BCUT2D eigenvalue weighted by Gasteiger charge is 2.40. The molecule has 172 valence electrons. The molecule has 13 heteroatoms. The summed E-state index contributed by atoms with van der Waals surface area (Å²) in [6.07, 6.45) is -0.227. The highest BCUT2D eigenvalue weighted by molar-refractivity contribution is 6.05. The fourth-order valence-electron chi connectivity index (χ4n) is 3.25. The molecule has 0 radical (unpaired) electrons. The molecule has 1 amide bonds. The summed E-state index contributed by atoms with van der Waals surface area (Å²) < 4.78 is 56.0. The van der Waals surface area contributed by atoms with E-state index in [4.69, 9.17) is 0 Å². The average Bonchev–Trinajstić information content (AvgIpc) is 3.47. The van der Waals surface area contributed by atoms with Crippen LogP contribution in [0.5, 0.6) is 0 Å². The number of carbonyl (C=O) groups excluding carboxylic acids is 1. The van der Waals surface area contributed by atoms with Crippen molar-refractivity contribution in [3.05, 3.63) is 82.8 Å². The Bertz CT molecular complexity index is 1400. The molecule has 0 atom stereocenters. The van der Waals surface area contributed by atoms with Crippen LogP contribution >= 0.6 is 0 Å². The molecule has 0 spiro atoms. The minimum atomic E-state index is -4.92. The fourth-order valence-corrected chi connectivity index (χ4v) is 3.25. The summed E-state index contributed by atoms with van der Waals surface area (Å²) in [4.78, 5) is 17.8. The third kappa shape index (κ3) is 4.33. The van der Waals surface area contributed by atoms with Crippen LogP contribution in [0.25, 0.3) is 5.82 Å². The smallest absolute Gasteiger partial charge is 0.320 e. The second-order valence-corrected chi connectivity index (χ2v) is 7.07. The monoisotopic (exact) mass is 470 g/mol. The van der Waals surface area contributed by atoms with Crippen molar-refractivity contribution in [3.63, 3.8) is 0 Å². The van der Waals surface area contributed by atoms with Crippen LogP contribution in [-0.2, 0) is 12.7 Å². The van der Waals surface area contributed by atoms with Crippen molar-refractivity contribution in [2.75, 3.05) is 5.32 Å². The number of pyridine rings is 1. The van der Waals surface area contributed by atoms with Crippen molar-refractivity contribution in [2.24, 2.45) is 0 Å². The van der Waals surface area contributed by atoms with Gasteiger partial charge < -0.3 is 5.32 Å². The first-order chi connectivity index (χ1) is 16.2. The molecular weight excluding hydrogens is 456 g/mol. The van der Waals surface area contributed by atoms with Crippen LogP contribution in [0.1, 0.15) is 32.7 Å². The van der Waals surface area contributed by atoms with Gasteiger partial charge in [-0.3, -0.25) is 9.48 Å². The van der Waals surface area contributed by atoms with E-state index in [0.717, 1.165) is 17.2 Å². The maximum Gasteiger partial charge on any atom is 0.433 e. The quantitative estimate of drug-likeness (QED) is 0.447. The van der Waals surface area contributed by atoms with Crippen molar-refractivity contribution >= 4 is 11.6 Å². The minimum absolute atomic E-state index is 0.0117. The number of aromatic nitrogens is 6. The number of carbonyl (C=O) groups is 1. The predicted molar refractivity (Wildman–Crippen MR) is 109 cm³/mol. The maximum atomic E-state index is 13.9. The fraction of sp³-hybridized carbons (Fsp3) is 0.143. The van der Waals surface area contributed by atoms with Gasteiger partial charge in [0.15, 0.2) is 11.5 Å². The lowest BCUT2D eigenvalue weighted by molar-refractivity contribution is -0.144. The summed E-state index contributed by atoms with van der Waals surface area (Å²) in [6.45, 7) is 1.05. The third-order valence-electron chi connectivity index (χ3n) is 4.91. The van der Waals surface area contributed by atoms with E-state index in [1.165, 1.54) is 43.6 Å².